The van der Waals surface area contributed by atoms with Crippen molar-refractivity contribution in [2.24, 2.45) is 0 Å². The maximum absolute atomic E-state index is 11.2. The summed E-state index contributed by atoms with van der Waals surface area (Å²) in [5, 5.41) is 1.15. The molecule has 1 aromatic heterocycles. The predicted molar refractivity (Wildman–Crippen MR) is 71.8 cm³/mol. The number of methoxy groups -OCH3 is 1. The fourth-order valence-electron chi connectivity index (χ4n) is 2.47. The second kappa shape index (κ2) is 5.80. The third-order valence-electron chi connectivity index (χ3n) is 3.46. The van der Waals surface area contributed by atoms with Gasteiger partial charge in [-0.25, -0.2) is 4.98 Å². The van der Waals surface area contributed by atoms with Gasteiger partial charge in [-0.1, -0.05) is 0 Å². The van der Waals surface area contributed by atoms with Crippen molar-refractivity contribution in [1.82, 2.24) is 9.88 Å². The minimum Gasteiger partial charge on any atom is -0.469 e. The van der Waals surface area contributed by atoms with Crippen LogP contribution in [0.3, 0.4) is 0 Å². The van der Waals surface area contributed by atoms with Crippen molar-refractivity contribution in [1.29, 1.82) is 0 Å². The van der Waals surface area contributed by atoms with Gasteiger partial charge >= 0.3 is 5.97 Å². The molecule has 0 radical (unpaired) electrons. The van der Waals surface area contributed by atoms with Gasteiger partial charge in [0, 0.05) is 17.5 Å². The van der Waals surface area contributed by atoms with Crippen LogP contribution in [0.5, 0.6) is 0 Å². The second-order valence-electron chi connectivity index (χ2n) is 4.76. The van der Waals surface area contributed by atoms with Crippen molar-refractivity contribution in [3.05, 3.63) is 15.6 Å². The molecule has 2 rings (SSSR count). The summed E-state index contributed by atoms with van der Waals surface area (Å²) in [6, 6.07) is 0.421. The van der Waals surface area contributed by atoms with Crippen LogP contribution in [0.2, 0.25) is 0 Å². The van der Waals surface area contributed by atoms with E-state index in [1.807, 2.05) is 0 Å². The first-order valence-corrected chi connectivity index (χ1v) is 7.16. The van der Waals surface area contributed by atoms with E-state index in [1.165, 1.54) is 24.1 Å². The van der Waals surface area contributed by atoms with Crippen LogP contribution >= 0.6 is 11.3 Å². The number of esters is 1. The van der Waals surface area contributed by atoms with Crippen LogP contribution in [0.1, 0.15) is 40.9 Å². The normalized spacial score (nSPS) is 18.8. The van der Waals surface area contributed by atoms with Crippen LogP contribution in [-0.2, 0) is 16.0 Å². The summed E-state index contributed by atoms with van der Waals surface area (Å²) in [6.45, 7) is 2.81. The van der Waals surface area contributed by atoms with E-state index in [9.17, 15) is 4.79 Å². The molecular weight excluding hydrogens is 248 g/mol. The van der Waals surface area contributed by atoms with E-state index in [2.05, 4.69) is 28.6 Å². The van der Waals surface area contributed by atoms with Gasteiger partial charge in [-0.05, 0) is 33.2 Å². The van der Waals surface area contributed by atoms with Crippen molar-refractivity contribution < 1.29 is 9.53 Å². The van der Waals surface area contributed by atoms with Crippen molar-refractivity contribution in [2.75, 3.05) is 20.7 Å². The van der Waals surface area contributed by atoms with E-state index in [-0.39, 0.29) is 5.97 Å². The molecular formula is C13H20N2O2S. The predicted octanol–water partition coefficient (Wildman–Crippen LogP) is 2.32. The Morgan fingerprint density at radius 3 is 3.11 bits per heavy atom. The topological polar surface area (TPSA) is 42.4 Å². The van der Waals surface area contributed by atoms with E-state index in [1.54, 1.807) is 11.3 Å². The fourth-order valence-corrected chi connectivity index (χ4v) is 3.64. The van der Waals surface area contributed by atoms with Crippen LogP contribution in [0.4, 0.5) is 0 Å². The zero-order valence-corrected chi connectivity index (χ0v) is 12.0. The minimum absolute atomic E-state index is 0.140. The molecule has 0 aliphatic heterocycles. The first kappa shape index (κ1) is 13.5. The summed E-state index contributed by atoms with van der Waals surface area (Å²) in [5.74, 6) is -0.140. The molecule has 0 bridgehead atoms. The highest BCUT2D eigenvalue weighted by Crippen LogP contribution is 2.37. The Bertz CT molecular complexity index is 431. The largest absolute Gasteiger partial charge is 0.469 e. The monoisotopic (exact) mass is 268 g/mol. The average Bonchev–Trinajstić information content (AvgIpc) is 2.75. The highest BCUT2D eigenvalue weighted by Gasteiger charge is 2.27. The molecule has 1 heterocycles. The van der Waals surface area contributed by atoms with Crippen LogP contribution in [0, 0.1) is 6.92 Å². The third kappa shape index (κ3) is 2.90. The molecule has 1 atom stereocenters. The number of thiazole rings is 1. The lowest BCUT2D eigenvalue weighted by molar-refractivity contribution is -0.141. The molecule has 1 aliphatic rings. The van der Waals surface area contributed by atoms with Gasteiger partial charge < -0.3 is 4.74 Å². The summed E-state index contributed by atoms with van der Waals surface area (Å²) in [4.78, 5) is 19.4. The van der Waals surface area contributed by atoms with Crippen molar-refractivity contribution in [2.45, 2.75) is 38.6 Å². The third-order valence-corrected chi connectivity index (χ3v) is 4.57. The van der Waals surface area contributed by atoms with Gasteiger partial charge in [-0.15, -0.1) is 11.3 Å². The molecule has 0 amide bonds. The zero-order valence-electron chi connectivity index (χ0n) is 11.2. The van der Waals surface area contributed by atoms with E-state index >= 15 is 0 Å². The van der Waals surface area contributed by atoms with E-state index in [4.69, 9.17) is 0 Å². The molecule has 0 unspecified atom stereocenters. The number of ether oxygens (including phenoxy) is 1. The number of rotatable bonds is 4. The standard InChI is InChI=1S/C13H20N2O2S/c1-9-14-10-5-4-6-11(13(10)18-9)15(2)8-7-12(16)17-3/h11H,4-8H2,1-3H3/t11-/m1/s1. The van der Waals surface area contributed by atoms with Crippen LogP contribution in [-0.4, -0.2) is 36.6 Å². The highest BCUT2D eigenvalue weighted by molar-refractivity contribution is 7.11. The number of nitrogens with zero attached hydrogens (tertiary/aromatic N) is 2. The number of carbonyl (C=O) groups excluding carboxylic acids is 1. The van der Waals surface area contributed by atoms with Crippen LogP contribution in [0.15, 0.2) is 0 Å². The van der Waals surface area contributed by atoms with Gasteiger partial charge in [0.15, 0.2) is 0 Å². The zero-order chi connectivity index (χ0) is 13.1. The van der Waals surface area contributed by atoms with E-state index in [0.29, 0.717) is 12.5 Å². The maximum atomic E-state index is 11.2. The quantitative estimate of drug-likeness (QED) is 0.786. The van der Waals surface area contributed by atoms with Gasteiger partial charge in [0.05, 0.1) is 24.2 Å². The molecule has 1 aromatic rings. The van der Waals surface area contributed by atoms with E-state index < -0.39 is 0 Å². The van der Waals surface area contributed by atoms with E-state index in [0.717, 1.165) is 24.4 Å². The van der Waals surface area contributed by atoms with Crippen molar-refractivity contribution in [3.63, 3.8) is 0 Å². The van der Waals surface area contributed by atoms with Crippen LogP contribution < -0.4 is 0 Å². The number of fused-ring (bicyclic) bond motifs is 1. The second-order valence-corrected chi connectivity index (χ2v) is 5.99. The van der Waals surface area contributed by atoms with Gasteiger partial charge in [0.2, 0.25) is 0 Å². The SMILES string of the molecule is COC(=O)CCN(C)[C@@H]1CCCc2nc(C)sc21. The molecule has 0 fully saturated rings. The molecule has 4 nitrogen and oxygen atoms in total. The Hall–Kier alpha value is -0.940. The molecule has 100 valence electrons. The number of aromatic nitrogens is 1. The molecule has 18 heavy (non-hydrogen) atoms. The molecule has 0 saturated heterocycles. The summed E-state index contributed by atoms with van der Waals surface area (Å²) in [5.41, 5.74) is 1.26. The van der Waals surface area contributed by atoms with Gasteiger partial charge in [0.25, 0.3) is 0 Å². The summed E-state index contributed by atoms with van der Waals surface area (Å²) in [6.07, 6.45) is 3.90. The molecule has 0 saturated carbocycles. The first-order chi connectivity index (χ1) is 8.61. The fraction of sp³-hybridized carbons (Fsp3) is 0.692. The number of carbonyl (C=O) groups is 1. The summed E-state index contributed by atoms with van der Waals surface area (Å²) >= 11 is 1.80. The molecule has 1 aliphatic carbocycles. The van der Waals surface area contributed by atoms with Gasteiger partial charge in [-0.3, -0.25) is 9.69 Å². The molecule has 0 N–H and O–H groups in total. The Kier molecular flexibility index (Phi) is 4.35. The van der Waals surface area contributed by atoms with Gasteiger partial charge in [0.1, 0.15) is 0 Å². The summed E-state index contributed by atoms with van der Waals surface area (Å²) < 4.78 is 4.69. The smallest absolute Gasteiger partial charge is 0.306 e. The lowest BCUT2D eigenvalue weighted by Gasteiger charge is -2.30. The van der Waals surface area contributed by atoms with Crippen molar-refractivity contribution in [3.8, 4) is 0 Å². The summed E-state index contributed by atoms with van der Waals surface area (Å²) in [7, 11) is 3.52. The Morgan fingerprint density at radius 2 is 2.39 bits per heavy atom. The first-order valence-electron chi connectivity index (χ1n) is 6.35. The maximum Gasteiger partial charge on any atom is 0.306 e. The Labute approximate surface area is 112 Å². The molecule has 0 spiro atoms. The Balaban J connectivity index is 2.03. The highest BCUT2D eigenvalue weighted by atomic mass is 32.1. The van der Waals surface area contributed by atoms with Gasteiger partial charge in [-0.2, -0.15) is 0 Å². The minimum atomic E-state index is -0.140. The Morgan fingerprint density at radius 1 is 1.61 bits per heavy atom. The van der Waals surface area contributed by atoms with Crippen molar-refractivity contribution >= 4 is 17.3 Å². The molecule has 0 aromatic carbocycles. The lowest BCUT2D eigenvalue weighted by atomic mass is 9.97. The number of hydrogen-bond acceptors (Lipinski definition) is 5. The number of aryl methyl sites for hydroxylation is 2. The molecule has 5 heteroatoms. The lowest BCUT2D eigenvalue weighted by Crippen LogP contribution is -2.29. The number of hydrogen-bond donors (Lipinski definition) is 0. The average molecular weight is 268 g/mol. The van der Waals surface area contributed by atoms with Crippen LogP contribution in [0.25, 0.3) is 0 Å².